The van der Waals surface area contributed by atoms with Crippen molar-refractivity contribution in [2.24, 2.45) is 0 Å². The Bertz CT molecular complexity index is 572. The average molecular weight is 292 g/mol. The van der Waals surface area contributed by atoms with Crippen LogP contribution in [0.5, 0.6) is 11.5 Å². The van der Waals surface area contributed by atoms with Gasteiger partial charge in [-0.25, -0.2) is 0 Å². The minimum atomic E-state index is 0.111. The Balaban J connectivity index is 1.89. The molecule has 0 aliphatic rings. The van der Waals surface area contributed by atoms with Crippen LogP contribution in [0.3, 0.4) is 0 Å². The van der Waals surface area contributed by atoms with E-state index in [-0.39, 0.29) is 5.75 Å². The van der Waals surface area contributed by atoms with Crippen molar-refractivity contribution in [1.29, 1.82) is 0 Å². The van der Waals surface area contributed by atoms with Gasteiger partial charge in [0.05, 0.1) is 11.6 Å². The molecule has 0 heterocycles. The first kappa shape index (κ1) is 14.7. The quantitative estimate of drug-likeness (QED) is 0.852. The smallest absolute Gasteiger partial charge is 0.134 e. The molecule has 0 fully saturated rings. The lowest BCUT2D eigenvalue weighted by Gasteiger charge is -2.08. The van der Waals surface area contributed by atoms with Crippen LogP contribution in [0.2, 0.25) is 5.02 Å². The van der Waals surface area contributed by atoms with Crippen molar-refractivity contribution in [3.05, 3.63) is 58.6 Å². The number of rotatable bonds is 6. The van der Waals surface area contributed by atoms with E-state index in [1.165, 1.54) is 5.56 Å². The summed E-state index contributed by atoms with van der Waals surface area (Å²) >= 11 is 5.87. The maximum Gasteiger partial charge on any atom is 0.134 e. The largest absolute Gasteiger partial charge is 0.506 e. The van der Waals surface area contributed by atoms with E-state index < -0.39 is 0 Å². The van der Waals surface area contributed by atoms with Gasteiger partial charge in [0.1, 0.15) is 11.5 Å². The molecule has 0 atom stereocenters. The molecule has 0 spiro atoms. The number of ether oxygens (including phenoxy) is 1. The van der Waals surface area contributed by atoms with Gasteiger partial charge in [0.2, 0.25) is 0 Å². The highest BCUT2D eigenvalue weighted by Crippen LogP contribution is 2.23. The molecule has 0 aliphatic carbocycles. The summed E-state index contributed by atoms with van der Waals surface area (Å²) in [7, 11) is 0. The number of benzene rings is 2. The zero-order chi connectivity index (χ0) is 14.4. The Labute approximate surface area is 124 Å². The first-order chi connectivity index (χ1) is 9.69. The van der Waals surface area contributed by atoms with E-state index in [0.29, 0.717) is 18.2 Å². The Morgan fingerprint density at radius 2 is 1.85 bits per heavy atom. The van der Waals surface area contributed by atoms with Gasteiger partial charge in [-0.2, -0.15) is 0 Å². The predicted octanol–water partition coefficient (Wildman–Crippen LogP) is 3.73. The zero-order valence-corrected chi connectivity index (χ0v) is 12.2. The maximum absolute atomic E-state index is 9.36. The maximum atomic E-state index is 9.36. The summed E-state index contributed by atoms with van der Waals surface area (Å²) in [6.07, 6.45) is 0. The number of phenolic OH excluding ortho intramolecular Hbond substituents is 1. The number of phenols is 1. The van der Waals surface area contributed by atoms with Crippen molar-refractivity contribution >= 4 is 11.6 Å². The molecule has 3 nitrogen and oxygen atoms in total. The molecule has 4 heteroatoms. The van der Waals surface area contributed by atoms with Gasteiger partial charge in [-0.3, -0.25) is 0 Å². The predicted molar refractivity (Wildman–Crippen MR) is 81.3 cm³/mol. The van der Waals surface area contributed by atoms with E-state index in [2.05, 4.69) is 11.4 Å². The molecule has 0 saturated carbocycles. The van der Waals surface area contributed by atoms with Crippen LogP contribution in [0.25, 0.3) is 0 Å². The molecular weight excluding hydrogens is 274 g/mol. The SMILES string of the molecule is CCOc1cccc(CNCc2ccc(O)c(Cl)c2)c1. The number of hydrogen-bond donors (Lipinski definition) is 2. The summed E-state index contributed by atoms with van der Waals surface area (Å²) in [5.41, 5.74) is 2.20. The van der Waals surface area contributed by atoms with E-state index in [1.807, 2.05) is 31.2 Å². The summed E-state index contributed by atoms with van der Waals surface area (Å²) in [4.78, 5) is 0. The minimum absolute atomic E-state index is 0.111. The highest BCUT2D eigenvalue weighted by molar-refractivity contribution is 6.32. The number of aromatic hydroxyl groups is 1. The second kappa shape index (κ2) is 7.17. The lowest BCUT2D eigenvalue weighted by molar-refractivity contribution is 0.340. The van der Waals surface area contributed by atoms with E-state index in [0.717, 1.165) is 17.9 Å². The second-order valence-electron chi connectivity index (χ2n) is 4.47. The molecule has 2 aromatic carbocycles. The summed E-state index contributed by atoms with van der Waals surface area (Å²) in [6.45, 7) is 4.08. The molecule has 0 aliphatic heterocycles. The molecule has 0 aromatic heterocycles. The Morgan fingerprint density at radius 3 is 2.55 bits per heavy atom. The monoisotopic (exact) mass is 291 g/mol. The number of hydrogen-bond acceptors (Lipinski definition) is 3. The van der Waals surface area contributed by atoms with Crippen molar-refractivity contribution in [2.75, 3.05) is 6.61 Å². The molecule has 20 heavy (non-hydrogen) atoms. The third kappa shape index (κ3) is 4.15. The van der Waals surface area contributed by atoms with Gasteiger partial charge in [0, 0.05) is 13.1 Å². The normalized spacial score (nSPS) is 10.5. The van der Waals surface area contributed by atoms with Crippen molar-refractivity contribution in [3.8, 4) is 11.5 Å². The third-order valence-electron chi connectivity index (χ3n) is 2.88. The van der Waals surface area contributed by atoms with E-state index in [4.69, 9.17) is 16.3 Å². The molecule has 0 bridgehead atoms. The Morgan fingerprint density at radius 1 is 1.10 bits per heavy atom. The minimum Gasteiger partial charge on any atom is -0.506 e. The standard InChI is InChI=1S/C16H18ClNO2/c1-2-20-14-5-3-4-12(8-14)10-18-11-13-6-7-16(19)15(17)9-13/h3-9,18-19H,2,10-11H2,1H3. The van der Waals surface area contributed by atoms with Crippen LogP contribution in [-0.2, 0) is 13.1 Å². The molecular formula is C16H18ClNO2. The van der Waals surface area contributed by atoms with Crippen molar-refractivity contribution in [1.82, 2.24) is 5.32 Å². The summed E-state index contributed by atoms with van der Waals surface area (Å²) < 4.78 is 5.47. The summed E-state index contributed by atoms with van der Waals surface area (Å²) in [5.74, 6) is 0.999. The first-order valence-corrected chi connectivity index (χ1v) is 6.96. The first-order valence-electron chi connectivity index (χ1n) is 6.59. The average Bonchev–Trinajstić information content (AvgIpc) is 2.44. The topological polar surface area (TPSA) is 41.5 Å². The molecule has 0 amide bonds. The lowest BCUT2D eigenvalue weighted by Crippen LogP contribution is -2.12. The van der Waals surface area contributed by atoms with Crippen LogP contribution >= 0.6 is 11.6 Å². The highest BCUT2D eigenvalue weighted by atomic mass is 35.5. The van der Waals surface area contributed by atoms with Gasteiger partial charge < -0.3 is 15.2 Å². The molecule has 2 rings (SSSR count). The fourth-order valence-electron chi connectivity index (χ4n) is 1.92. The van der Waals surface area contributed by atoms with Gasteiger partial charge in [-0.05, 0) is 42.3 Å². The van der Waals surface area contributed by atoms with Gasteiger partial charge in [-0.15, -0.1) is 0 Å². The fraction of sp³-hybridized carbons (Fsp3) is 0.250. The Kier molecular flexibility index (Phi) is 5.27. The summed E-state index contributed by atoms with van der Waals surface area (Å²) in [6, 6.07) is 13.2. The second-order valence-corrected chi connectivity index (χ2v) is 4.88. The molecule has 0 saturated heterocycles. The van der Waals surface area contributed by atoms with Crippen LogP contribution in [0, 0.1) is 0 Å². The van der Waals surface area contributed by atoms with E-state index in [9.17, 15) is 5.11 Å². The third-order valence-corrected chi connectivity index (χ3v) is 3.18. The van der Waals surface area contributed by atoms with Crippen LogP contribution in [0.1, 0.15) is 18.1 Å². The number of halogens is 1. The van der Waals surface area contributed by atoms with Gasteiger partial charge >= 0.3 is 0 Å². The van der Waals surface area contributed by atoms with E-state index >= 15 is 0 Å². The van der Waals surface area contributed by atoms with Crippen molar-refractivity contribution in [2.45, 2.75) is 20.0 Å². The molecule has 2 N–H and O–H groups in total. The van der Waals surface area contributed by atoms with Gasteiger partial charge in [0.15, 0.2) is 0 Å². The van der Waals surface area contributed by atoms with Crippen LogP contribution < -0.4 is 10.1 Å². The van der Waals surface area contributed by atoms with E-state index in [1.54, 1.807) is 12.1 Å². The number of nitrogens with one attached hydrogen (secondary N) is 1. The summed E-state index contributed by atoms with van der Waals surface area (Å²) in [5, 5.41) is 13.1. The molecule has 0 unspecified atom stereocenters. The van der Waals surface area contributed by atoms with Gasteiger partial charge in [-0.1, -0.05) is 29.8 Å². The lowest BCUT2D eigenvalue weighted by atomic mass is 10.2. The molecule has 0 radical (unpaired) electrons. The molecule has 2 aromatic rings. The van der Waals surface area contributed by atoms with Crippen LogP contribution in [-0.4, -0.2) is 11.7 Å². The van der Waals surface area contributed by atoms with Crippen LogP contribution in [0.15, 0.2) is 42.5 Å². The van der Waals surface area contributed by atoms with Crippen LogP contribution in [0.4, 0.5) is 0 Å². The highest BCUT2D eigenvalue weighted by Gasteiger charge is 2.00. The van der Waals surface area contributed by atoms with Crippen molar-refractivity contribution < 1.29 is 9.84 Å². The molecule has 106 valence electrons. The fourth-order valence-corrected chi connectivity index (χ4v) is 2.13. The van der Waals surface area contributed by atoms with Gasteiger partial charge in [0.25, 0.3) is 0 Å². The Hall–Kier alpha value is -1.71. The van der Waals surface area contributed by atoms with Crippen molar-refractivity contribution in [3.63, 3.8) is 0 Å². The zero-order valence-electron chi connectivity index (χ0n) is 11.4.